The summed E-state index contributed by atoms with van der Waals surface area (Å²) in [6.45, 7) is 8.63. The van der Waals surface area contributed by atoms with Crippen molar-refractivity contribution in [1.29, 1.82) is 0 Å². The molecule has 1 amide bonds. The Bertz CT molecular complexity index is 967. The lowest BCUT2D eigenvalue weighted by molar-refractivity contribution is 0.0965. The Morgan fingerprint density at radius 2 is 1.97 bits per heavy atom. The molecule has 3 aliphatic rings. The number of fused-ring (bicyclic) bond motifs is 2. The van der Waals surface area contributed by atoms with E-state index in [4.69, 9.17) is 9.72 Å². The number of ether oxygens (including phenoxy) is 1. The van der Waals surface area contributed by atoms with E-state index in [1.54, 1.807) is 0 Å². The molecular formula is C26H35N3O3. The average molecular weight is 438 g/mol. The van der Waals surface area contributed by atoms with Crippen molar-refractivity contribution in [2.24, 2.45) is 0 Å². The Labute approximate surface area is 191 Å². The van der Waals surface area contributed by atoms with Crippen LogP contribution in [0, 0.1) is 6.92 Å². The van der Waals surface area contributed by atoms with E-state index >= 15 is 0 Å². The van der Waals surface area contributed by atoms with Gasteiger partial charge in [0.05, 0.1) is 17.8 Å². The molecule has 32 heavy (non-hydrogen) atoms. The molecular weight excluding hydrogens is 402 g/mol. The maximum atomic E-state index is 11.9. The van der Waals surface area contributed by atoms with Crippen LogP contribution in [0.4, 0.5) is 5.82 Å². The maximum Gasteiger partial charge on any atom is 0.253 e. The van der Waals surface area contributed by atoms with Crippen molar-refractivity contribution in [1.82, 2.24) is 10.3 Å². The summed E-state index contributed by atoms with van der Waals surface area (Å²) in [5.41, 5.74) is 5.40. The number of amides is 1. The molecule has 1 fully saturated rings. The monoisotopic (exact) mass is 437 g/mol. The number of nitrogens with one attached hydrogen (secondary N) is 1. The minimum absolute atomic E-state index is 0.0173. The van der Waals surface area contributed by atoms with Gasteiger partial charge in [0.15, 0.2) is 0 Å². The molecule has 0 saturated carbocycles. The first kappa shape index (κ1) is 22.6. The van der Waals surface area contributed by atoms with Gasteiger partial charge in [-0.25, -0.2) is 4.98 Å². The summed E-state index contributed by atoms with van der Waals surface area (Å²) in [6.07, 6.45) is 5.19. The van der Waals surface area contributed by atoms with Gasteiger partial charge >= 0.3 is 0 Å². The molecule has 6 heteroatoms. The van der Waals surface area contributed by atoms with Crippen molar-refractivity contribution < 1.29 is 14.6 Å². The van der Waals surface area contributed by atoms with E-state index in [9.17, 15) is 9.90 Å². The van der Waals surface area contributed by atoms with Gasteiger partial charge in [-0.05, 0) is 67.0 Å². The molecule has 5 rings (SSSR count). The Kier molecular flexibility index (Phi) is 6.99. The number of aryl methyl sites for hydroxylation is 2. The maximum absolute atomic E-state index is 11.9. The fourth-order valence-electron chi connectivity index (χ4n) is 5.14. The van der Waals surface area contributed by atoms with Crippen molar-refractivity contribution in [3.05, 3.63) is 52.2 Å². The van der Waals surface area contributed by atoms with E-state index < -0.39 is 0 Å². The third-order valence-corrected chi connectivity index (χ3v) is 6.76. The zero-order chi connectivity index (χ0) is 22.7. The van der Waals surface area contributed by atoms with Crippen molar-refractivity contribution in [3.63, 3.8) is 0 Å². The molecule has 1 saturated heterocycles. The molecule has 2 aromatic rings. The van der Waals surface area contributed by atoms with Crippen molar-refractivity contribution in [3.8, 4) is 5.75 Å². The fourth-order valence-corrected chi connectivity index (χ4v) is 5.14. The van der Waals surface area contributed by atoms with Crippen LogP contribution in [0.15, 0.2) is 24.3 Å². The van der Waals surface area contributed by atoms with Crippen molar-refractivity contribution in [2.75, 3.05) is 24.6 Å². The van der Waals surface area contributed by atoms with Crippen LogP contribution in [0.3, 0.4) is 0 Å². The summed E-state index contributed by atoms with van der Waals surface area (Å²) in [6, 6.07) is 8.46. The lowest BCUT2D eigenvalue weighted by Gasteiger charge is -2.34. The molecule has 1 atom stereocenters. The Morgan fingerprint density at radius 1 is 1.19 bits per heavy atom. The number of hydrogen-bond acceptors (Lipinski definition) is 5. The highest BCUT2D eigenvalue weighted by molar-refractivity contribution is 5.98. The number of aromatic nitrogens is 1. The molecule has 1 aliphatic carbocycles. The third kappa shape index (κ3) is 4.46. The molecule has 0 spiro atoms. The lowest BCUT2D eigenvalue weighted by Crippen LogP contribution is -2.39. The number of carbonyl (C=O) groups is 1. The van der Waals surface area contributed by atoms with E-state index in [1.165, 1.54) is 11.1 Å². The fraction of sp³-hybridized carbons (Fsp3) is 0.538. The van der Waals surface area contributed by atoms with E-state index in [0.717, 1.165) is 68.0 Å². The number of carbonyl (C=O) groups excluding carboxylic acids is 1. The summed E-state index contributed by atoms with van der Waals surface area (Å²) in [7, 11) is 0. The van der Waals surface area contributed by atoms with Gasteiger partial charge < -0.3 is 20.1 Å². The minimum atomic E-state index is -0.0173. The number of aliphatic hydroxyl groups excluding tert-OH is 1. The highest BCUT2D eigenvalue weighted by Crippen LogP contribution is 2.37. The summed E-state index contributed by atoms with van der Waals surface area (Å²) in [5.74, 6) is 2.44. The van der Waals surface area contributed by atoms with Gasteiger partial charge in [0.1, 0.15) is 17.7 Å². The lowest BCUT2D eigenvalue weighted by atomic mass is 9.98. The van der Waals surface area contributed by atoms with Gasteiger partial charge in [-0.15, -0.1) is 0 Å². The van der Waals surface area contributed by atoms with Crippen LogP contribution < -0.4 is 15.0 Å². The number of piperidine rings is 1. The Hall–Kier alpha value is -2.60. The number of nitrogens with zero attached hydrogens (tertiary/aromatic N) is 2. The van der Waals surface area contributed by atoms with Gasteiger partial charge in [-0.1, -0.05) is 19.9 Å². The molecule has 1 aromatic heterocycles. The van der Waals surface area contributed by atoms with Crippen LogP contribution in [0.5, 0.6) is 5.75 Å². The first-order valence-electron chi connectivity index (χ1n) is 12.1. The van der Waals surface area contributed by atoms with E-state index in [2.05, 4.69) is 28.4 Å². The predicted molar refractivity (Wildman–Crippen MR) is 127 cm³/mol. The molecule has 2 N–H and O–H groups in total. The van der Waals surface area contributed by atoms with Crippen LogP contribution in [0.2, 0.25) is 0 Å². The Balaban J connectivity index is 0.00000119. The number of pyridine rings is 1. The first-order valence-corrected chi connectivity index (χ1v) is 12.1. The smallest absolute Gasteiger partial charge is 0.253 e. The van der Waals surface area contributed by atoms with Crippen molar-refractivity contribution in [2.45, 2.75) is 71.4 Å². The van der Waals surface area contributed by atoms with E-state index in [-0.39, 0.29) is 18.6 Å². The van der Waals surface area contributed by atoms with Crippen LogP contribution in [-0.2, 0) is 13.0 Å². The Morgan fingerprint density at radius 3 is 2.72 bits per heavy atom. The predicted octanol–water partition coefficient (Wildman–Crippen LogP) is 4.12. The zero-order valence-corrected chi connectivity index (χ0v) is 19.5. The summed E-state index contributed by atoms with van der Waals surface area (Å²) in [5, 5.41) is 12.1. The van der Waals surface area contributed by atoms with Crippen LogP contribution >= 0.6 is 0 Å². The number of benzene rings is 1. The molecule has 172 valence electrons. The largest absolute Gasteiger partial charge is 0.490 e. The summed E-state index contributed by atoms with van der Waals surface area (Å²) >= 11 is 0. The average Bonchev–Trinajstić information content (AvgIpc) is 3.38. The topological polar surface area (TPSA) is 74.7 Å². The summed E-state index contributed by atoms with van der Waals surface area (Å²) in [4.78, 5) is 19.0. The molecule has 0 bridgehead atoms. The second-order valence-electron chi connectivity index (χ2n) is 8.72. The molecule has 0 unspecified atom stereocenters. The van der Waals surface area contributed by atoms with E-state index in [0.29, 0.717) is 18.0 Å². The normalized spacial score (nSPS) is 19.7. The molecule has 1 aromatic carbocycles. The van der Waals surface area contributed by atoms with Gasteiger partial charge in [-0.3, -0.25) is 4.79 Å². The molecule has 2 aliphatic heterocycles. The van der Waals surface area contributed by atoms with Crippen molar-refractivity contribution >= 4 is 11.7 Å². The first-order chi connectivity index (χ1) is 15.6. The number of rotatable bonds is 5. The third-order valence-electron chi connectivity index (χ3n) is 6.76. The second-order valence-corrected chi connectivity index (χ2v) is 8.72. The van der Waals surface area contributed by atoms with Gasteiger partial charge in [-0.2, -0.15) is 0 Å². The highest BCUT2D eigenvalue weighted by Gasteiger charge is 2.27. The molecule has 0 radical (unpaired) electrons. The quantitative estimate of drug-likeness (QED) is 0.736. The van der Waals surface area contributed by atoms with Crippen LogP contribution in [0.25, 0.3) is 0 Å². The number of aliphatic hydroxyl groups is 1. The SMILES string of the molecule is CC.Cc1cc2c(nc1N1CCC(Oc3ccc4c(c3)CC[C@@H]4CCO)CC1)CNC2=O. The van der Waals surface area contributed by atoms with Gasteiger partial charge in [0, 0.05) is 32.5 Å². The van der Waals surface area contributed by atoms with Gasteiger partial charge in [0.25, 0.3) is 5.91 Å². The van der Waals surface area contributed by atoms with E-state index in [1.807, 2.05) is 26.8 Å². The number of hydrogen-bond donors (Lipinski definition) is 2. The van der Waals surface area contributed by atoms with Crippen LogP contribution in [0.1, 0.15) is 78.2 Å². The minimum Gasteiger partial charge on any atom is -0.490 e. The number of anilines is 1. The molecule has 6 nitrogen and oxygen atoms in total. The van der Waals surface area contributed by atoms with Crippen LogP contribution in [-0.4, -0.2) is 41.8 Å². The standard InChI is InChI=1S/C24H29N3O3.C2H6/c1-15-12-21-22(14-25-24(21)29)26-23(15)27-9-6-18(7-10-27)30-19-4-5-20-16(8-11-28)2-3-17(20)13-19;1-2/h4-5,12-13,16,18,28H,2-3,6-11,14H2,1H3,(H,25,29);1-2H3/t16-;/m1./s1. The zero-order valence-electron chi connectivity index (χ0n) is 19.5. The molecule has 3 heterocycles. The highest BCUT2D eigenvalue weighted by atomic mass is 16.5. The summed E-state index contributed by atoms with van der Waals surface area (Å²) < 4.78 is 6.33. The van der Waals surface area contributed by atoms with Gasteiger partial charge in [0.2, 0.25) is 0 Å². The second kappa shape index (κ2) is 9.90.